The van der Waals surface area contributed by atoms with Crippen LogP contribution in [0.3, 0.4) is 0 Å². The van der Waals surface area contributed by atoms with Crippen molar-refractivity contribution in [2.75, 3.05) is 10.6 Å². The SMILES string of the molecule is CC1(C)[C@@H](C(=O)Nc2ccccc2)CC[C@@]1(C)C(=O)Nc1ccccc1. The fraction of sp³-hybridized carbons (Fsp3) is 0.364. The van der Waals surface area contributed by atoms with Gasteiger partial charge in [0.1, 0.15) is 0 Å². The zero-order chi connectivity index (χ0) is 18.8. The van der Waals surface area contributed by atoms with Crippen LogP contribution in [0.2, 0.25) is 0 Å². The first-order chi connectivity index (χ1) is 12.3. The maximum atomic E-state index is 13.0. The monoisotopic (exact) mass is 350 g/mol. The Kier molecular flexibility index (Phi) is 4.86. The fourth-order valence-corrected chi connectivity index (χ4v) is 3.91. The zero-order valence-corrected chi connectivity index (χ0v) is 15.6. The maximum absolute atomic E-state index is 13.0. The van der Waals surface area contributed by atoms with Gasteiger partial charge in [0.2, 0.25) is 11.8 Å². The van der Waals surface area contributed by atoms with Crippen molar-refractivity contribution in [1.29, 1.82) is 0 Å². The lowest BCUT2D eigenvalue weighted by atomic mass is 9.65. The molecule has 136 valence electrons. The maximum Gasteiger partial charge on any atom is 0.230 e. The first-order valence-electron chi connectivity index (χ1n) is 9.07. The summed E-state index contributed by atoms with van der Waals surface area (Å²) in [4.78, 5) is 25.9. The van der Waals surface area contributed by atoms with E-state index in [0.29, 0.717) is 12.8 Å². The van der Waals surface area contributed by atoms with Crippen LogP contribution >= 0.6 is 0 Å². The van der Waals surface area contributed by atoms with E-state index in [9.17, 15) is 9.59 Å². The van der Waals surface area contributed by atoms with E-state index in [0.717, 1.165) is 11.4 Å². The van der Waals surface area contributed by atoms with Gasteiger partial charge in [-0.25, -0.2) is 0 Å². The van der Waals surface area contributed by atoms with Crippen molar-refractivity contribution in [3.05, 3.63) is 60.7 Å². The third-order valence-corrected chi connectivity index (χ3v) is 6.12. The second kappa shape index (κ2) is 6.94. The Balaban J connectivity index is 1.76. The number of para-hydroxylation sites is 2. The molecule has 0 heterocycles. The minimum atomic E-state index is -0.610. The topological polar surface area (TPSA) is 58.2 Å². The molecule has 26 heavy (non-hydrogen) atoms. The standard InChI is InChI=1S/C22H26N2O2/c1-21(2)18(19(25)23-16-10-6-4-7-11-16)14-15-22(21,3)20(26)24-17-12-8-5-9-13-17/h4-13,18H,14-15H2,1-3H3,(H,23,25)(H,24,26)/t18-,22+/m1/s1. The highest BCUT2D eigenvalue weighted by Crippen LogP contribution is 2.56. The number of amides is 2. The van der Waals surface area contributed by atoms with E-state index >= 15 is 0 Å². The number of hydrogen-bond acceptors (Lipinski definition) is 2. The van der Waals surface area contributed by atoms with Crippen molar-refractivity contribution in [3.63, 3.8) is 0 Å². The Labute approximate surface area is 155 Å². The lowest BCUT2D eigenvalue weighted by Crippen LogP contribution is -2.46. The van der Waals surface area contributed by atoms with E-state index in [1.165, 1.54) is 0 Å². The molecule has 0 radical (unpaired) electrons. The molecule has 4 nitrogen and oxygen atoms in total. The molecule has 2 atom stereocenters. The van der Waals surface area contributed by atoms with Crippen molar-refractivity contribution in [3.8, 4) is 0 Å². The molecule has 0 aromatic heterocycles. The van der Waals surface area contributed by atoms with Gasteiger partial charge >= 0.3 is 0 Å². The molecule has 2 aromatic rings. The summed E-state index contributed by atoms with van der Waals surface area (Å²) in [6.45, 7) is 6.03. The molecule has 1 aliphatic rings. The summed E-state index contributed by atoms with van der Waals surface area (Å²) in [5, 5.41) is 6.01. The normalized spacial score (nSPS) is 24.0. The third-order valence-electron chi connectivity index (χ3n) is 6.12. The number of benzene rings is 2. The largest absolute Gasteiger partial charge is 0.326 e. The average Bonchev–Trinajstić information content (AvgIpc) is 2.87. The fourth-order valence-electron chi connectivity index (χ4n) is 3.91. The van der Waals surface area contributed by atoms with Gasteiger partial charge in [-0.15, -0.1) is 0 Å². The van der Waals surface area contributed by atoms with Crippen molar-refractivity contribution in [2.24, 2.45) is 16.7 Å². The molecule has 2 aromatic carbocycles. The molecule has 3 rings (SSSR count). The van der Waals surface area contributed by atoms with Gasteiger partial charge in [-0.05, 0) is 42.5 Å². The van der Waals surface area contributed by atoms with Crippen LogP contribution in [0.1, 0.15) is 33.6 Å². The zero-order valence-electron chi connectivity index (χ0n) is 15.6. The van der Waals surface area contributed by atoms with E-state index in [1.807, 2.05) is 81.4 Å². The predicted molar refractivity (Wildman–Crippen MR) is 105 cm³/mol. The van der Waals surface area contributed by atoms with Crippen LogP contribution in [-0.2, 0) is 9.59 Å². The number of carbonyl (C=O) groups excluding carboxylic acids is 2. The van der Waals surface area contributed by atoms with Crippen molar-refractivity contribution in [2.45, 2.75) is 33.6 Å². The molecule has 1 aliphatic carbocycles. The molecule has 0 aliphatic heterocycles. The smallest absolute Gasteiger partial charge is 0.230 e. The van der Waals surface area contributed by atoms with Gasteiger partial charge in [-0.1, -0.05) is 57.2 Å². The molecule has 0 unspecified atom stereocenters. The molecular formula is C22H26N2O2. The van der Waals surface area contributed by atoms with Gasteiger partial charge < -0.3 is 10.6 Å². The van der Waals surface area contributed by atoms with Gasteiger partial charge in [-0.2, -0.15) is 0 Å². The van der Waals surface area contributed by atoms with E-state index in [2.05, 4.69) is 10.6 Å². The number of hydrogen-bond donors (Lipinski definition) is 2. The van der Waals surface area contributed by atoms with Crippen LogP contribution in [0, 0.1) is 16.7 Å². The van der Waals surface area contributed by atoms with Crippen LogP contribution in [0.15, 0.2) is 60.7 Å². The molecule has 1 saturated carbocycles. The third kappa shape index (κ3) is 3.24. The molecule has 0 spiro atoms. The Morgan fingerprint density at radius 3 is 1.88 bits per heavy atom. The molecule has 2 amide bonds. The Morgan fingerprint density at radius 2 is 1.35 bits per heavy atom. The van der Waals surface area contributed by atoms with E-state index in [-0.39, 0.29) is 17.7 Å². The first kappa shape index (κ1) is 18.2. The summed E-state index contributed by atoms with van der Waals surface area (Å²) in [5.41, 5.74) is 0.508. The van der Waals surface area contributed by atoms with Gasteiger partial charge in [0, 0.05) is 17.3 Å². The second-order valence-electron chi connectivity index (χ2n) is 7.82. The average molecular weight is 350 g/mol. The molecule has 0 bridgehead atoms. The second-order valence-corrected chi connectivity index (χ2v) is 7.82. The van der Waals surface area contributed by atoms with Gasteiger partial charge in [0.05, 0.1) is 5.41 Å². The highest BCUT2D eigenvalue weighted by atomic mass is 16.2. The number of carbonyl (C=O) groups is 2. The van der Waals surface area contributed by atoms with Crippen LogP contribution in [0.4, 0.5) is 11.4 Å². The van der Waals surface area contributed by atoms with Gasteiger partial charge in [-0.3, -0.25) is 9.59 Å². The summed E-state index contributed by atoms with van der Waals surface area (Å²) in [6, 6.07) is 18.9. The van der Waals surface area contributed by atoms with Crippen LogP contribution in [0.5, 0.6) is 0 Å². The number of rotatable bonds is 4. The molecular weight excluding hydrogens is 324 g/mol. The Bertz CT molecular complexity index is 786. The van der Waals surface area contributed by atoms with E-state index in [1.54, 1.807) is 0 Å². The first-order valence-corrected chi connectivity index (χ1v) is 9.07. The van der Waals surface area contributed by atoms with Crippen molar-refractivity contribution in [1.82, 2.24) is 0 Å². The number of anilines is 2. The van der Waals surface area contributed by atoms with Crippen LogP contribution in [0.25, 0.3) is 0 Å². The molecule has 2 N–H and O–H groups in total. The summed E-state index contributed by atoms with van der Waals surface area (Å²) in [5.74, 6) is -0.254. The van der Waals surface area contributed by atoms with E-state index in [4.69, 9.17) is 0 Å². The van der Waals surface area contributed by atoms with Crippen molar-refractivity contribution < 1.29 is 9.59 Å². The van der Waals surface area contributed by atoms with Crippen LogP contribution < -0.4 is 10.6 Å². The predicted octanol–water partition coefficient (Wildman–Crippen LogP) is 4.71. The highest BCUT2D eigenvalue weighted by Gasteiger charge is 2.57. The summed E-state index contributed by atoms with van der Waals surface area (Å²) in [7, 11) is 0. The highest BCUT2D eigenvalue weighted by molar-refractivity contribution is 5.98. The molecule has 0 saturated heterocycles. The summed E-state index contributed by atoms with van der Waals surface area (Å²) >= 11 is 0. The lowest BCUT2D eigenvalue weighted by molar-refractivity contribution is -0.133. The van der Waals surface area contributed by atoms with Crippen molar-refractivity contribution >= 4 is 23.2 Å². The minimum absolute atomic E-state index is 0.0163. The molecule has 1 fully saturated rings. The van der Waals surface area contributed by atoms with Gasteiger partial charge in [0.15, 0.2) is 0 Å². The Hall–Kier alpha value is -2.62. The van der Waals surface area contributed by atoms with Gasteiger partial charge in [0.25, 0.3) is 0 Å². The minimum Gasteiger partial charge on any atom is -0.326 e. The Morgan fingerprint density at radius 1 is 0.846 bits per heavy atom. The quantitative estimate of drug-likeness (QED) is 0.839. The summed E-state index contributed by atoms with van der Waals surface area (Å²) < 4.78 is 0. The lowest BCUT2D eigenvalue weighted by Gasteiger charge is -2.39. The number of nitrogens with one attached hydrogen (secondary N) is 2. The van der Waals surface area contributed by atoms with Crippen LogP contribution in [-0.4, -0.2) is 11.8 Å². The summed E-state index contributed by atoms with van der Waals surface area (Å²) in [6.07, 6.45) is 1.38. The van der Waals surface area contributed by atoms with E-state index < -0.39 is 10.8 Å². The molecule has 4 heteroatoms.